The van der Waals surface area contributed by atoms with Gasteiger partial charge < -0.3 is 9.47 Å². The number of carbonyl (C=O) groups is 1. The molecule has 1 atom stereocenters. The minimum atomic E-state index is 0.0625. The van der Waals surface area contributed by atoms with Crippen molar-refractivity contribution in [2.75, 3.05) is 6.54 Å². The third-order valence-electron chi connectivity index (χ3n) is 5.20. The molecule has 132 valence electrons. The minimum Gasteiger partial charge on any atom is -0.340 e. The summed E-state index contributed by atoms with van der Waals surface area (Å²) in [5, 5.41) is 0. The number of aromatic nitrogens is 2. The van der Waals surface area contributed by atoms with Gasteiger partial charge in [0.25, 0.3) is 5.91 Å². The second kappa shape index (κ2) is 7.16. The van der Waals surface area contributed by atoms with Crippen molar-refractivity contribution in [3.8, 4) is 11.3 Å². The van der Waals surface area contributed by atoms with Gasteiger partial charge in [0.2, 0.25) is 0 Å². The molecule has 1 aliphatic heterocycles. The highest BCUT2D eigenvalue weighted by Gasteiger charge is 2.30. The Morgan fingerprint density at radius 1 is 1.00 bits per heavy atom. The first-order valence-corrected chi connectivity index (χ1v) is 9.19. The van der Waals surface area contributed by atoms with Crippen LogP contribution in [0.2, 0.25) is 0 Å². The van der Waals surface area contributed by atoms with Crippen LogP contribution in [0.25, 0.3) is 11.3 Å². The van der Waals surface area contributed by atoms with E-state index in [-0.39, 0.29) is 11.9 Å². The number of rotatable bonds is 3. The Hall–Kier alpha value is -2.88. The maximum atomic E-state index is 13.3. The van der Waals surface area contributed by atoms with Crippen LogP contribution in [0, 0.1) is 0 Å². The molecule has 2 aromatic heterocycles. The SMILES string of the molecule is Cn1c(C(=O)N2CCCC[C@@H]2c2ccccn2)ccc1-c1ccccc1. The summed E-state index contributed by atoms with van der Waals surface area (Å²) in [6.45, 7) is 0.784. The molecule has 0 N–H and O–H groups in total. The van der Waals surface area contributed by atoms with Gasteiger partial charge in [-0.25, -0.2) is 0 Å². The number of benzene rings is 1. The van der Waals surface area contributed by atoms with Crippen molar-refractivity contribution in [3.05, 3.63) is 78.2 Å². The molecule has 1 aromatic carbocycles. The van der Waals surface area contributed by atoms with E-state index >= 15 is 0 Å². The Balaban J connectivity index is 1.65. The summed E-state index contributed by atoms with van der Waals surface area (Å²) in [4.78, 5) is 19.8. The Bertz CT molecular complexity index is 886. The zero-order valence-electron chi connectivity index (χ0n) is 15.0. The van der Waals surface area contributed by atoms with Crippen molar-refractivity contribution in [3.63, 3.8) is 0 Å². The lowest BCUT2D eigenvalue weighted by Gasteiger charge is -2.35. The van der Waals surface area contributed by atoms with Gasteiger partial charge in [-0.1, -0.05) is 36.4 Å². The van der Waals surface area contributed by atoms with Gasteiger partial charge in [0, 0.05) is 25.5 Å². The molecule has 3 heterocycles. The fourth-order valence-electron chi connectivity index (χ4n) is 3.83. The van der Waals surface area contributed by atoms with Crippen molar-refractivity contribution >= 4 is 5.91 Å². The van der Waals surface area contributed by atoms with Crippen LogP contribution in [0.3, 0.4) is 0 Å². The van der Waals surface area contributed by atoms with Gasteiger partial charge in [-0.05, 0) is 49.1 Å². The minimum absolute atomic E-state index is 0.0625. The molecule has 4 heteroatoms. The van der Waals surface area contributed by atoms with Crippen molar-refractivity contribution in [1.82, 2.24) is 14.5 Å². The lowest BCUT2D eigenvalue weighted by Crippen LogP contribution is -2.39. The molecule has 3 aromatic rings. The molecule has 26 heavy (non-hydrogen) atoms. The van der Waals surface area contributed by atoms with Gasteiger partial charge in [-0.3, -0.25) is 9.78 Å². The normalized spacial score (nSPS) is 17.3. The maximum absolute atomic E-state index is 13.3. The number of piperidine rings is 1. The summed E-state index contributed by atoms with van der Waals surface area (Å²) in [6, 6.07) is 20.2. The van der Waals surface area contributed by atoms with E-state index in [9.17, 15) is 4.79 Å². The molecule has 4 nitrogen and oxygen atoms in total. The summed E-state index contributed by atoms with van der Waals surface area (Å²) in [7, 11) is 1.97. The van der Waals surface area contributed by atoms with Gasteiger partial charge >= 0.3 is 0 Å². The second-order valence-electron chi connectivity index (χ2n) is 6.79. The number of nitrogens with zero attached hydrogens (tertiary/aromatic N) is 3. The molecular weight excluding hydrogens is 322 g/mol. The summed E-state index contributed by atoms with van der Waals surface area (Å²) in [6.07, 6.45) is 4.96. The van der Waals surface area contributed by atoms with Gasteiger partial charge in [0.05, 0.1) is 11.7 Å². The fourth-order valence-corrected chi connectivity index (χ4v) is 3.83. The summed E-state index contributed by atoms with van der Waals surface area (Å²) in [5.41, 5.74) is 3.89. The quantitative estimate of drug-likeness (QED) is 0.703. The summed E-state index contributed by atoms with van der Waals surface area (Å²) >= 11 is 0. The van der Waals surface area contributed by atoms with Gasteiger partial charge in [0.15, 0.2) is 0 Å². The second-order valence-corrected chi connectivity index (χ2v) is 6.79. The van der Waals surface area contributed by atoms with E-state index in [1.165, 1.54) is 0 Å². The Kier molecular flexibility index (Phi) is 4.57. The first-order chi connectivity index (χ1) is 12.8. The highest BCUT2D eigenvalue weighted by atomic mass is 16.2. The summed E-state index contributed by atoms with van der Waals surface area (Å²) < 4.78 is 2.00. The first-order valence-electron chi connectivity index (χ1n) is 9.19. The van der Waals surface area contributed by atoms with E-state index in [1.807, 2.05) is 71.2 Å². The van der Waals surface area contributed by atoms with Crippen LogP contribution in [-0.2, 0) is 7.05 Å². The summed E-state index contributed by atoms with van der Waals surface area (Å²) in [5.74, 6) is 0.0880. The molecule has 1 saturated heterocycles. The first kappa shape index (κ1) is 16.6. The molecule has 4 rings (SSSR count). The van der Waals surface area contributed by atoms with E-state index in [4.69, 9.17) is 0 Å². The highest BCUT2D eigenvalue weighted by Crippen LogP contribution is 2.32. The molecular formula is C22H23N3O. The Morgan fingerprint density at radius 2 is 1.81 bits per heavy atom. The van der Waals surface area contributed by atoms with Crippen LogP contribution >= 0.6 is 0 Å². The maximum Gasteiger partial charge on any atom is 0.271 e. The van der Waals surface area contributed by atoms with E-state index in [0.29, 0.717) is 0 Å². The van der Waals surface area contributed by atoms with E-state index in [1.54, 1.807) is 0 Å². The van der Waals surface area contributed by atoms with Crippen molar-refractivity contribution in [1.29, 1.82) is 0 Å². The monoisotopic (exact) mass is 345 g/mol. The number of hydrogen-bond acceptors (Lipinski definition) is 2. The van der Waals surface area contributed by atoms with Crippen molar-refractivity contribution < 1.29 is 4.79 Å². The van der Waals surface area contributed by atoms with Crippen LogP contribution in [0.15, 0.2) is 66.9 Å². The van der Waals surface area contributed by atoms with Gasteiger partial charge in [0.1, 0.15) is 5.69 Å². The number of pyridine rings is 1. The van der Waals surface area contributed by atoms with Crippen molar-refractivity contribution in [2.45, 2.75) is 25.3 Å². The Morgan fingerprint density at radius 3 is 2.58 bits per heavy atom. The molecule has 1 amide bonds. The fraction of sp³-hybridized carbons (Fsp3) is 0.273. The predicted molar refractivity (Wildman–Crippen MR) is 103 cm³/mol. The number of hydrogen-bond donors (Lipinski definition) is 0. The highest BCUT2D eigenvalue weighted by molar-refractivity contribution is 5.94. The van der Waals surface area contributed by atoms with E-state index in [2.05, 4.69) is 17.1 Å². The van der Waals surface area contributed by atoms with Crippen LogP contribution < -0.4 is 0 Å². The molecule has 0 aliphatic carbocycles. The van der Waals surface area contributed by atoms with Crippen LogP contribution in [0.4, 0.5) is 0 Å². The third-order valence-corrected chi connectivity index (χ3v) is 5.20. The topological polar surface area (TPSA) is 38.1 Å². The van der Waals surface area contributed by atoms with E-state index < -0.39 is 0 Å². The van der Waals surface area contributed by atoms with Gasteiger partial charge in [-0.15, -0.1) is 0 Å². The smallest absolute Gasteiger partial charge is 0.271 e. The molecule has 1 aliphatic rings. The largest absolute Gasteiger partial charge is 0.340 e. The van der Waals surface area contributed by atoms with Crippen LogP contribution in [-0.4, -0.2) is 26.9 Å². The van der Waals surface area contributed by atoms with Crippen LogP contribution in [0.1, 0.15) is 41.5 Å². The molecule has 0 bridgehead atoms. The standard InChI is InChI=1S/C22H23N3O/c1-24-19(17-9-3-2-4-10-17)13-14-21(24)22(26)25-16-8-6-12-20(25)18-11-5-7-15-23-18/h2-5,7,9-11,13-15,20H,6,8,12,16H2,1H3/t20-/m1/s1. The predicted octanol–water partition coefficient (Wildman–Crippen LogP) is 4.45. The number of carbonyl (C=O) groups excluding carboxylic acids is 1. The van der Waals surface area contributed by atoms with Crippen LogP contribution in [0.5, 0.6) is 0 Å². The van der Waals surface area contributed by atoms with E-state index in [0.717, 1.165) is 48.5 Å². The average molecular weight is 345 g/mol. The third kappa shape index (κ3) is 3.03. The van der Waals surface area contributed by atoms with Gasteiger partial charge in [-0.2, -0.15) is 0 Å². The zero-order chi connectivity index (χ0) is 17.9. The van der Waals surface area contributed by atoms with Crippen molar-refractivity contribution in [2.24, 2.45) is 7.05 Å². The number of likely N-dealkylation sites (tertiary alicyclic amines) is 1. The lowest BCUT2D eigenvalue weighted by molar-refractivity contribution is 0.0596. The Labute approximate surface area is 154 Å². The molecule has 0 spiro atoms. The molecule has 0 radical (unpaired) electrons. The molecule has 0 saturated carbocycles. The average Bonchev–Trinajstić information content (AvgIpc) is 3.10. The zero-order valence-corrected chi connectivity index (χ0v) is 15.0. The lowest BCUT2D eigenvalue weighted by atomic mass is 9.98. The molecule has 1 fully saturated rings. The number of amides is 1. The molecule has 0 unspecified atom stereocenters.